The number of piperidine rings is 1. The van der Waals surface area contributed by atoms with Crippen LogP contribution in [-0.4, -0.2) is 35.8 Å². The van der Waals surface area contributed by atoms with Crippen LogP contribution in [0.5, 0.6) is 0 Å². The molecule has 0 spiro atoms. The number of hydrogen-bond acceptors (Lipinski definition) is 4. The zero-order chi connectivity index (χ0) is 16.3. The summed E-state index contributed by atoms with van der Waals surface area (Å²) >= 11 is 3.61. The van der Waals surface area contributed by atoms with Gasteiger partial charge in [0.1, 0.15) is 11.4 Å². The first-order chi connectivity index (χ1) is 10.3. The number of halogens is 1. The van der Waals surface area contributed by atoms with Crippen LogP contribution in [0.15, 0.2) is 16.7 Å². The zero-order valence-corrected chi connectivity index (χ0v) is 15.2. The minimum absolute atomic E-state index is 0.0813. The predicted octanol–water partition coefficient (Wildman–Crippen LogP) is 3.65. The van der Waals surface area contributed by atoms with Gasteiger partial charge in [-0.25, -0.2) is 9.78 Å². The molecule has 1 aliphatic rings. The summed E-state index contributed by atoms with van der Waals surface area (Å²) in [6.45, 7) is 9.35. The fraction of sp³-hybridized carbons (Fsp3) is 0.625. The van der Waals surface area contributed by atoms with Gasteiger partial charge in [-0.2, -0.15) is 0 Å². The molecule has 1 fully saturated rings. The van der Waals surface area contributed by atoms with Crippen LogP contribution in [0.3, 0.4) is 0 Å². The van der Waals surface area contributed by atoms with E-state index in [9.17, 15) is 4.79 Å². The number of alkyl carbamates (subject to hydrolysis) is 1. The van der Waals surface area contributed by atoms with Crippen molar-refractivity contribution in [1.29, 1.82) is 0 Å². The highest BCUT2D eigenvalue weighted by atomic mass is 79.9. The molecule has 1 unspecified atom stereocenters. The monoisotopic (exact) mass is 369 g/mol. The van der Waals surface area contributed by atoms with E-state index in [2.05, 4.69) is 38.1 Å². The molecule has 1 amide bonds. The lowest BCUT2D eigenvalue weighted by molar-refractivity contribution is 0.0500. The van der Waals surface area contributed by atoms with Crippen molar-refractivity contribution in [3.63, 3.8) is 0 Å². The number of hydrogen-bond donors (Lipinski definition) is 1. The van der Waals surface area contributed by atoms with Gasteiger partial charge in [-0.3, -0.25) is 0 Å². The van der Waals surface area contributed by atoms with Crippen LogP contribution in [0.4, 0.5) is 10.6 Å². The molecular weight excluding hydrogens is 346 g/mol. The van der Waals surface area contributed by atoms with Gasteiger partial charge in [-0.05, 0) is 68.1 Å². The van der Waals surface area contributed by atoms with E-state index < -0.39 is 5.60 Å². The number of rotatable bonds is 2. The fourth-order valence-electron chi connectivity index (χ4n) is 2.51. The Kier molecular flexibility index (Phi) is 5.32. The minimum atomic E-state index is -0.473. The van der Waals surface area contributed by atoms with Crippen molar-refractivity contribution < 1.29 is 9.53 Å². The fourth-order valence-corrected chi connectivity index (χ4v) is 2.99. The van der Waals surface area contributed by atoms with E-state index in [1.54, 1.807) is 0 Å². The Labute approximate surface area is 140 Å². The molecule has 1 N–H and O–H groups in total. The maximum absolute atomic E-state index is 11.9. The van der Waals surface area contributed by atoms with Gasteiger partial charge < -0.3 is 15.0 Å². The Morgan fingerprint density at radius 1 is 1.50 bits per heavy atom. The lowest BCUT2D eigenvalue weighted by Gasteiger charge is -2.35. The maximum Gasteiger partial charge on any atom is 0.407 e. The van der Waals surface area contributed by atoms with Gasteiger partial charge in [-0.1, -0.05) is 0 Å². The van der Waals surface area contributed by atoms with Gasteiger partial charge in [0.15, 0.2) is 0 Å². The SMILES string of the molecule is Cc1ccnc(N2CCCC(NC(=O)OC(C)(C)C)C2)c1Br. The van der Waals surface area contributed by atoms with Crippen LogP contribution in [0, 0.1) is 6.92 Å². The molecule has 0 aliphatic carbocycles. The number of carbonyl (C=O) groups excluding carboxylic acids is 1. The van der Waals surface area contributed by atoms with Gasteiger partial charge in [0.05, 0.1) is 4.47 Å². The molecule has 0 radical (unpaired) electrons. The Bertz CT molecular complexity index is 543. The largest absolute Gasteiger partial charge is 0.444 e. The molecule has 22 heavy (non-hydrogen) atoms. The van der Waals surface area contributed by atoms with Gasteiger partial charge in [0.25, 0.3) is 0 Å². The summed E-state index contributed by atoms with van der Waals surface area (Å²) in [5.41, 5.74) is 0.687. The standard InChI is InChI=1S/C16H24BrN3O2/c1-11-7-8-18-14(13(11)17)20-9-5-6-12(10-20)19-15(21)22-16(2,3)4/h7-8,12H,5-6,9-10H2,1-4H3,(H,19,21). The minimum Gasteiger partial charge on any atom is -0.444 e. The predicted molar refractivity (Wildman–Crippen MR) is 91.3 cm³/mol. The Balaban J connectivity index is 2.00. The second-order valence-corrected chi connectivity index (χ2v) is 7.49. The number of amides is 1. The van der Waals surface area contributed by atoms with Gasteiger partial charge in [-0.15, -0.1) is 0 Å². The highest BCUT2D eigenvalue weighted by molar-refractivity contribution is 9.10. The molecule has 1 aliphatic heterocycles. The number of ether oxygens (including phenoxy) is 1. The zero-order valence-electron chi connectivity index (χ0n) is 13.6. The summed E-state index contributed by atoms with van der Waals surface area (Å²) in [4.78, 5) is 18.6. The van der Waals surface area contributed by atoms with Crippen LogP contribution in [0.1, 0.15) is 39.2 Å². The molecule has 1 aromatic heterocycles. The van der Waals surface area contributed by atoms with Crippen LogP contribution in [0.2, 0.25) is 0 Å². The Hall–Kier alpha value is -1.30. The van der Waals surface area contributed by atoms with Gasteiger partial charge >= 0.3 is 6.09 Å². The molecular formula is C16H24BrN3O2. The van der Waals surface area contributed by atoms with E-state index in [1.807, 2.05) is 33.0 Å². The van der Waals surface area contributed by atoms with Crippen molar-refractivity contribution in [3.05, 3.63) is 22.3 Å². The third-order valence-corrected chi connectivity index (χ3v) is 4.49. The molecule has 0 aromatic carbocycles. The van der Waals surface area contributed by atoms with E-state index in [0.717, 1.165) is 41.8 Å². The highest BCUT2D eigenvalue weighted by Gasteiger charge is 2.25. The number of carbonyl (C=O) groups is 1. The first-order valence-electron chi connectivity index (χ1n) is 7.62. The summed E-state index contributed by atoms with van der Waals surface area (Å²) in [5, 5.41) is 2.96. The molecule has 122 valence electrons. The van der Waals surface area contributed by atoms with Crippen LogP contribution in [-0.2, 0) is 4.74 Å². The molecule has 0 bridgehead atoms. The van der Waals surface area contributed by atoms with Crippen molar-refractivity contribution in [2.75, 3.05) is 18.0 Å². The number of nitrogens with zero attached hydrogens (tertiary/aromatic N) is 2. The molecule has 1 saturated heterocycles. The number of nitrogens with one attached hydrogen (secondary N) is 1. The molecule has 5 nitrogen and oxygen atoms in total. The lowest BCUT2D eigenvalue weighted by Crippen LogP contribution is -2.49. The number of aromatic nitrogens is 1. The van der Waals surface area contributed by atoms with Crippen molar-refractivity contribution in [2.45, 2.75) is 52.2 Å². The third-order valence-electron chi connectivity index (χ3n) is 3.51. The molecule has 1 aromatic rings. The van der Waals surface area contributed by atoms with Crippen LogP contribution < -0.4 is 10.2 Å². The summed E-state index contributed by atoms with van der Waals surface area (Å²) in [6, 6.07) is 2.06. The maximum atomic E-state index is 11.9. The molecule has 0 saturated carbocycles. The molecule has 2 rings (SSSR count). The van der Waals surface area contributed by atoms with E-state index in [4.69, 9.17) is 4.74 Å². The third kappa shape index (κ3) is 4.60. The van der Waals surface area contributed by atoms with Crippen molar-refractivity contribution >= 4 is 27.8 Å². The van der Waals surface area contributed by atoms with E-state index in [-0.39, 0.29) is 12.1 Å². The smallest absolute Gasteiger partial charge is 0.407 e. The summed E-state index contributed by atoms with van der Waals surface area (Å²) in [7, 11) is 0. The van der Waals surface area contributed by atoms with E-state index in [1.165, 1.54) is 0 Å². The average Bonchev–Trinajstić information content (AvgIpc) is 2.40. The molecule has 2 heterocycles. The van der Waals surface area contributed by atoms with Gasteiger partial charge in [0, 0.05) is 25.3 Å². The second kappa shape index (κ2) is 6.86. The average molecular weight is 370 g/mol. The molecule has 1 atom stereocenters. The first-order valence-corrected chi connectivity index (χ1v) is 8.41. The van der Waals surface area contributed by atoms with Crippen LogP contribution >= 0.6 is 15.9 Å². The normalized spacial score (nSPS) is 19.0. The van der Waals surface area contributed by atoms with Crippen molar-refractivity contribution in [3.8, 4) is 0 Å². The summed E-state index contributed by atoms with van der Waals surface area (Å²) in [5.74, 6) is 0.940. The Morgan fingerprint density at radius 3 is 2.91 bits per heavy atom. The van der Waals surface area contributed by atoms with Crippen molar-refractivity contribution in [2.24, 2.45) is 0 Å². The first kappa shape index (κ1) is 17.1. The molecule has 6 heteroatoms. The van der Waals surface area contributed by atoms with E-state index in [0.29, 0.717) is 0 Å². The highest BCUT2D eigenvalue weighted by Crippen LogP contribution is 2.28. The number of pyridine rings is 1. The lowest BCUT2D eigenvalue weighted by atomic mass is 10.1. The quantitative estimate of drug-likeness (QED) is 0.864. The summed E-state index contributed by atoms with van der Waals surface area (Å²) < 4.78 is 6.35. The Morgan fingerprint density at radius 2 is 2.23 bits per heavy atom. The number of aryl methyl sites for hydroxylation is 1. The summed E-state index contributed by atoms with van der Waals surface area (Å²) in [6.07, 6.45) is 3.44. The topological polar surface area (TPSA) is 54.5 Å². The van der Waals surface area contributed by atoms with Crippen LogP contribution in [0.25, 0.3) is 0 Å². The number of anilines is 1. The van der Waals surface area contributed by atoms with E-state index >= 15 is 0 Å². The van der Waals surface area contributed by atoms with Crippen molar-refractivity contribution in [1.82, 2.24) is 10.3 Å². The van der Waals surface area contributed by atoms with Gasteiger partial charge in [0.2, 0.25) is 0 Å². The second-order valence-electron chi connectivity index (χ2n) is 6.70.